The summed E-state index contributed by atoms with van der Waals surface area (Å²) in [4.78, 5) is 7.19. The number of pyridine rings is 1. The number of nitrogens with zero attached hydrogens (tertiary/aromatic N) is 2. The van der Waals surface area contributed by atoms with Crippen LogP contribution in [0.5, 0.6) is 0 Å². The Hall–Kier alpha value is -1.81. The molecule has 2 heterocycles. The van der Waals surface area contributed by atoms with Crippen LogP contribution in [0.2, 0.25) is 0 Å². The highest BCUT2D eigenvalue weighted by Crippen LogP contribution is 2.31. The van der Waals surface area contributed by atoms with Crippen molar-refractivity contribution < 1.29 is 4.74 Å². The number of aromatic nitrogens is 1. The van der Waals surface area contributed by atoms with Gasteiger partial charge in [-0.25, -0.2) is 0 Å². The van der Waals surface area contributed by atoms with Crippen molar-refractivity contribution in [2.45, 2.75) is 20.3 Å². The Labute approximate surface area is 126 Å². The second-order valence-corrected chi connectivity index (χ2v) is 5.46. The minimum Gasteiger partial charge on any atom is -0.387 e. The molecule has 0 aliphatic carbocycles. The molecule has 0 bridgehead atoms. The lowest BCUT2D eigenvalue weighted by atomic mass is 10.0. The number of hydrogen-bond donors (Lipinski definition) is 1. The normalized spacial score (nSPS) is 15.5. The van der Waals surface area contributed by atoms with Gasteiger partial charge in [-0.15, -0.1) is 0 Å². The fraction of sp³-hybridized carbons (Fsp3) is 0.471. The smallest absolute Gasteiger partial charge is 0.0727 e. The number of benzene rings is 1. The Morgan fingerprint density at radius 3 is 2.71 bits per heavy atom. The summed E-state index contributed by atoms with van der Waals surface area (Å²) in [6.07, 6.45) is 0.960. The lowest BCUT2D eigenvalue weighted by molar-refractivity contribution is 0.122. The van der Waals surface area contributed by atoms with E-state index in [0.29, 0.717) is 0 Å². The SMILES string of the molecule is CCc1nc2ccc(N3CCOCC3)cc2c(NC)c1C. The fourth-order valence-electron chi connectivity index (χ4n) is 3.08. The summed E-state index contributed by atoms with van der Waals surface area (Å²) in [7, 11) is 1.99. The first-order valence-corrected chi connectivity index (χ1v) is 7.68. The van der Waals surface area contributed by atoms with Gasteiger partial charge in [-0.1, -0.05) is 6.92 Å². The summed E-state index contributed by atoms with van der Waals surface area (Å²) in [6.45, 7) is 7.84. The van der Waals surface area contributed by atoms with Crippen LogP contribution in [-0.4, -0.2) is 38.3 Å². The van der Waals surface area contributed by atoms with E-state index in [1.54, 1.807) is 0 Å². The van der Waals surface area contributed by atoms with Gasteiger partial charge in [-0.2, -0.15) is 0 Å². The predicted octanol–water partition coefficient (Wildman–Crippen LogP) is 2.98. The maximum absolute atomic E-state index is 5.44. The molecule has 0 radical (unpaired) electrons. The van der Waals surface area contributed by atoms with Crippen LogP contribution in [0.3, 0.4) is 0 Å². The van der Waals surface area contributed by atoms with Crippen LogP contribution < -0.4 is 10.2 Å². The topological polar surface area (TPSA) is 37.4 Å². The number of fused-ring (bicyclic) bond motifs is 1. The maximum Gasteiger partial charge on any atom is 0.0727 e. The number of nitrogens with one attached hydrogen (secondary N) is 1. The van der Waals surface area contributed by atoms with Gasteiger partial charge in [0.15, 0.2) is 0 Å². The van der Waals surface area contributed by atoms with Crippen LogP contribution in [0.25, 0.3) is 10.9 Å². The lowest BCUT2D eigenvalue weighted by Crippen LogP contribution is -2.36. The summed E-state index contributed by atoms with van der Waals surface area (Å²) < 4.78 is 5.44. The third kappa shape index (κ3) is 2.56. The number of anilines is 2. The molecule has 1 aliphatic rings. The summed E-state index contributed by atoms with van der Waals surface area (Å²) in [6, 6.07) is 6.57. The van der Waals surface area contributed by atoms with Crippen molar-refractivity contribution >= 4 is 22.3 Å². The monoisotopic (exact) mass is 285 g/mol. The number of morpholine rings is 1. The molecule has 1 fully saturated rings. The minimum atomic E-state index is 0.809. The van der Waals surface area contributed by atoms with Crippen LogP contribution in [-0.2, 0) is 11.2 Å². The number of ether oxygens (including phenoxy) is 1. The van der Waals surface area contributed by atoms with Crippen molar-refractivity contribution in [2.75, 3.05) is 43.6 Å². The molecule has 0 saturated carbocycles. The maximum atomic E-state index is 5.44. The highest BCUT2D eigenvalue weighted by molar-refractivity contribution is 5.95. The lowest BCUT2D eigenvalue weighted by Gasteiger charge is -2.29. The summed E-state index contributed by atoms with van der Waals surface area (Å²) >= 11 is 0. The van der Waals surface area contributed by atoms with E-state index in [1.807, 2.05) is 7.05 Å². The van der Waals surface area contributed by atoms with Crippen LogP contribution in [0.4, 0.5) is 11.4 Å². The summed E-state index contributed by atoms with van der Waals surface area (Å²) in [5, 5.41) is 4.56. The zero-order valence-electron chi connectivity index (χ0n) is 13.1. The predicted molar refractivity (Wildman–Crippen MR) is 88.4 cm³/mol. The van der Waals surface area contributed by atoms with E-state index >= 15 is 0 Å². The van der Waals surface area contributed by atoms with Crippen molar-refractivity contribution in [3.05, 3.63) is 29.5 Å². The average molecular weight is 285 g/mol. The van der Waals surface area contributed by atoms with Gasteiger partial charge < -0.3 is 15.0 Å². The number of hydrogen-bond acceptors (Lipinski definition) is 4. The Bertz CT molecular complexity index is 648. The highest BCUT2D eigenvalue weighted by Gasteiger charge is 2.14. The zero-order chi connectivity index (χ0) is 14.8. The van der Waals surface area contributed by atoms with Crippen LogP contribution >= 0.6 is 0 Å². The van der Waals surface area contributed by atoms with Crippen LogP contribution in [0.1, 0.15) is 18.2 Å². The van der Waals surface area contributed by atoms with Gasteiger partial charge >= 0.3 is 0 Å². The number of aryl methyl sites for hydroxylation is 1. The summed E-state index contributed by atoms with van der Waals surface area (Å²) in [5.41, 5.74) is 5.95. The molecular formula is C17H23N3O. The van der Waals surface area contributed by atoms with Gasteiger partial charge in [0.25, 0.3) is 0 Å². The van der Waals surface area contributed by atoms with Gasteiger partial charge in [0.1, 0.15) is 0 Å². The van der Waals surface area contributed by atoms with Gasteiger partial charge in [-0.05, 0) is 37.1 Å². The van der Waals surface area contributed by atoms with Gasteiger partial charge in [0, 0.05) is 42.6 Å². The molecule has 1 aliphatic heterocycles. The molecule has 0 atom stereocenters. The highest BCUT2D eigenvalue weighted by atomic mass is 16.5. The molecular weight excluding hydrogens is 262 g/mol. The van der Waals surface area contributed by atoms with Crippen molar-refractivity contribution in [2.24, 2.45) is 0 Å². The van der Waals surface area contributed by atoms with Crippen molar-refractivity contribution in [1.82, 2.24) is 4.98 Å². The largest absolute Gasteiger partial charge is 0.387 e. The molecule has 0 amide bonds. The fourth-order valence-corrected chi connectivity index (χ4v) is 3.08. The Morgan fingerprint density at radius 1 is 1.29 bits per heavy atom. The summed E-state index contributed by atoms with van der Waals surface area (Å²) in [5.74, 6) is 0. The molecule has 3 rings (SSSR count). The van der Waals surface area contributed by atoms with Crippen molar-refractivity contribution in [1.29, 1.82) is 0 Å². The third-order valence-electron chi connectivity index (χ3n) is 4.27. The first kappa shape index (κ1) is 14.1. The van der Waals surface area contributed by atoms with E-state index in [4.69, 9.17) is 9.72 Å². The standard InChI is InChI=1S/C17H23N3O/c1-4-15-12(2)17(18-3)14-11-13(5-6-16(14)19-15)20-7-9-21-10-8-20/h5-6,11H,4,7-10H2,1-3H3,(H,18,19). The van der Waals surface area contributed by atoms with E-state index in [1.165, 1.54) is 28.0 Å². The van der Waals surface area contributed by atoms with Crippen molar-refractivity contribution in [3.8, 4) is 0 Å². The molecule has 21 heavy (non-hydrogen) atoms. The Morgan fingerprint density at radius 2 is 2.05 bits per heavy atom. The molecule has 0 unspecified atom stereocenters. The second-order valence-electron chi connectivity index (χ2n) is 5.46. The van der Waals surface area contributed by atoms with E-state index in [9.17, 15) is 0 Å². The number of rotatable bonds is 3. The molecule has 1 N–H and O–H groups in total. The van der Waals surface area contributed by atoms with E-state index in [-0.39, 0.29) is 0 Å². The van der Waals surface area contributed by atoms with Crippen LogP contribution in [0.15, 0.2) is 18.2 Å². The second kappa shape index (κ2) is 5.90. The molecule has 4 heteroatoms. The van der Waals surface area contributed by atoms with Gasteiger partial charge in [0.05, 0.1) is 18.7 Å². The van der Waals surface area contributed by atoms with Crippen LogP contribution in [0, 0.1) is 6.92 Å². The third-order valence-corrected chi connectivity index (χ3v) is 4.27. The molecule has 1 aromatic carbocycles. The van der Waals surface area contributed by atoms with E-state index in [2.05, 4.69) is 42.3 Å². The first-order valence-electron chi connectivity index (χ1n) is 7.68. The molecule has 0 spiro atoms. The average Bonchev–Trinajstić information content (AvgIpc) is 2.54. The van der Waals surface area contributed by atoms with Gasteiger partial charge in [-0.3, -0.25) is 4.98 Å². The molecule has 112 valence electrons. The zero-order valence-corrected chi connectivity index (χ0v) is 13.1. The van der Waals surface area contributed by atoms with Gasteiger partial charge in [0.2, 0.25) is 0 Å². The molecule has 4 nitrogen and oxygen atoms in total. The van der Waals surface area contributed by atoms with E-state index in [0.717, 1.165) is 38.2 Å². The quantitative estimate of drug-likeness (QED) is 0.941. The minimum absolute atomic E-state index is 0.809. The molecule has 1 aromatic heterocycles. The Kier molecular flexibility index (Phi) is 3.97. The van der Waals surface area contributed by atoms with Crippen molar-refractivity contribution in [3.63, 3.8) is 0 Å². The molecule has 2 aromatic rings. The first-order chi connectivity index (χ1) is 10.2. The molecule has 1 saturated heterocycles. The Balaban J connectivity index is 2.11. The van der Waals surface area contributed by atoms with E-state index < -0.39 is 0 Å².